The maximum atomic E-state index is 4.16. The molecule has 2 heteroatoms. The third-order valence-electron chi connectivity index (χ3n) is 1.28. The van der Waals surface area contributed by atoms with Crippen molar-refractivity contribution in [2.24, 2.45) is 0 Å². The summed E-state index contributed by atoms with van der Waals surface area (Å²) in [5.74, 6) is 0.893. The first-order valence-corrected chi connectivity index (χ1v) is 4.09. The number of aryl methyl sites for hydroxylation is 1. The molecule has 66 valence electrons. The Morgan fingerprint density at radius 3 is 2.17 bits per heavy atom. The summed E-state index contributed by atoms with van der Waals surface area (Å²) in [6, 6.07) is 0. The van der Waals surface area contributed by atoms with Gasteiger partial charge in [-0.2, -0.15) is 0 Å². The molecule has 0 amide bonds. The fraction of sp³-hybridized carbons (Fsp3) is 0.300. The van der Waals surface area contributed by atoms with Gasteiger partial charge in [0.05, 0.1) is 11.4 Å². The number of rotatable bonds is 2. The second kappa shape index (κ2) is 5.35. The molecule has 0 fully saturated rings. The van der Waals surface area contributed by atoms with Crippen molar-refractivity contribution in [3.8, 4) is 0 Å². The SMILES string of the molecule is C=Cc1nc(C)[nH]c1C=C.CC. The smallest absolute Gasteiger partial charge is 0.104 e. The predicted molar refractivity (Wildman–Crippen MR) is 54.9 cm³/mol. The molecule has 2 nitrogen and oxygen atoms in total. The molecule has 0 aromatic carbocycles. The average Bonchev–Trinajstić information content (AvgIpc) is 2.49. The fourth-order valence-electron chi connectivity index (χ4n) is 0.839. The van der Waals surface area contributed by atoms with Gasteiger partial charge in [-0.1, -0.05) is 27.0 Å². The first kappa shape index (κ1) is 10.7. The zero-order valence-corrected chi connectivity index (χ0v) is 8.02. The standard InChI is InChI=1S/C8H10N2.C2H6/c1-4-7-8(5-2)10-6(3)9-7;1-2/h4-5H,1-2H2,3H3,(H,9,10);1-2H3. The van der Waals surface area contributed by atoms with E-state index in [0.29, 0.717) is 0 Å². The van der Waals surface area contributed by atoms with Crippen molar-refractivity contribution >= 4 is 12.2 Å². The summed E-state index contributed by atoms with van der Waals surface area (Å²) in [6.45, 7) is 13.2. The highest BCUT2D eigenvalue weighted by Crippen LogP contribution is 2.07. The van der Waals surface area contributed by atoms with Crippen LogP contribution in [0.5, 0.6) is 0 Å². The van der Waals surface area contributed by atoms with E-state index in [1.165, 1.54) is 0 Å². The van der Waals surface area contributed by atoms with Crippen LogP contribution in [0.4, 0.5) is 0 Å². The Bertz CT molecular complexity index is 233. The van der Waals surface area contributed by atoms with Crippen molar-refractivity contribution in [3.63, 3.8) is 0 Å². The van der Waals surface area contributed by atoms with Gasteiger partial charge in [-0.3, -0.25) is 0 Å². The lowest BCUT2D eigenvalue weighted by atomic mass is 10.3. The summed E-state index contributed by atoms with van der Waals surface area (Å²) in [7, 11) is 0. The molecule has 0 saturated heterocycles. The van der Waals surface area contributed by atoms with Gasteiger partial charge in [0.25, 0.3) is 0 Å². The van der Waals surface area contributed by atoms with Gasteiger partial charge in [0, 0.05) is 0 Å². The Morgan fingerprint density at radius 2 is 1.83 bits per heavy atom. The van der Waals surface area contributed by atoms with Crippen molar-refractivity contribution in [2.75, 3.05) is 0 Å². The highest BCUT2D eigenvalue weighted by atomic mass is 14.9. The van der Waals surface area contributed by atoms with E-state index < -0.39 is 0 Å². The van der Waals surface area contributed by atoms with Crippen LogP contribution in [0.25, 0.3) is 12.2 Å². The average molecular weight is 164 g/mol. The maximum Gasteiger partial charge on any atom is 0.104 e. The highest BCUT2D eigenvalue weighted by Gasteiger charge is 1.98. The van der Waals surface area contributed by atoms with Gasteiger partial charge < -0.3 is 4.98 Å². The molecular formula is C10H16N2. The lowest BCUT2D eigenvalue weighted by Gasteiger charge is -1.84. The first-order valence-electron chi connectivity index (χ1n) is 4.09. The molecule has 0 radical (unpaired) electrons. The molecule has 1 aromatic rings. The van der Waals surface area contributed by atoms with Crippen molar-refractivity contribution in [1.29, 1.82) is 0 Å². The Kier molecular flexibility index (Phi) is 4.77. The quantitative estimate of drug-likeness (QED) is 0.715. The first-order chi connectivity index (χ1) is 5.77. The Morgan fingerprint density at radius 1 is 1.25 bits per heavy atom. The van der Waals surface area contributed by atoms with E-state index >= 15 is 0 Å². The molecule has 12 heavy (non-hydrogen) atoms. The molecule has 0 aliphatic heterocycles. The molecule has 1 heterocycles. The van der Waals surface area contributed by atoms with E-state index in [2.05, 4.69) is 23.1 Å². The molecule has 0 spiro atoms. The van der Waals surface area contributed by atoms with E-state index in [1.807, 2.05) is 20.8 Å². The van der Waals surface area contributed by atoms with E-state index in [1.54, 1.807) is 12.2 Å². The Labute approximate surface area is 74.0 Å². The molecular weight excluding hydrogens is 148 g/mol. The number of aromatic nitrogens is 2. The number of imidazole rings is 1. The molecule has 0 unspecified atom stereocenters. The molecule has 0 atom stereocenters. The van der Waals surface area contributed by atoms with Crippen molar-refractivity contribution in [1.82, 2.24) is 9.97 Å². The van der Waals surface area contributed by atoms with E-state index in [9.17, 15) is 0 Å². The summed E-state index contributed by atoms with van der Waals surface area (Å²) in [6.07, 6.45) is 3.44. The molecule has 0 aliphatic rings. The summed E-state index contributed by atoms with van der Waals surface area (Å²) < 4.78 is 0. The second-order valence-corrected chi connectivity index (χ2v) is 2.03. The van der Waals surface area contributed by atoms with E-state index in [0.717, 1.165) is 17.2 Å². The zero-order valence-electron chi connectivity index (χ0n) is 8.02. The number of nitrogens with zero attached hydrogens (tertiary/aromatic N) is 1. The predicted octanol–water partition coefficient (Wildman–Crippen LogP) is 3.03. The Hall–Kier alpha value is -1.31. The van der Waals surface area contributed by atoms with Crippen molar-refractivity contribution in [3.05, 3.63) is 30.4 Å². The van der Waals surface area contributed by atoms with Crippen molar-refractivity contribution < 1.29 is 0 Å². The van der Waals surface area contributed by atoms with Crippen LogP contribution in [-0.4, -0.2) is 9.97 Å². The lowest BCUT2D eigenvalue weighted by molar-refractivity contribution is 1.14. The zero-order chi connectivity index (χ0) is 9.56. The van der Waals surface area contributed by atoms with E-state index in [4.69, 9.17) is 0 Å². The van der Waals surface area contributed by atoms with Crippen LogP contribution < -0.4 is 0 Å². The number of aromatic amines is 1. The minimum atomic E-state index is 0.868. The third kappa shape index (κ3) is 2.38. The van der Waals surface area contributed by atoms with Gasteiger partial charge in [-0.25, -0.2) is 4.98 Å². The number of hydrogen-bond donors (Lipinski definition) is 1. The topological polar surface area (TPSA) is 28.7 Å². The van der Waals surface area contributed by atoms with Gasteiger partial charge in [0.2, 0.25) is 0 Å². The van der Waals surface area contributed by atoms with Crippen LogP contribution in [-0.2, 0) is 0 Å². The van der Waals surface area contributed by atoms with Crippen LogP contribution in [0.15, 0.2) is 13.2 Å². The van der Waals surface area contributed by atoms with Crippen molar-refractivity contribution in [2.45, 2.75) is 20.8 Å². The monoisotopic (exact) mass is 164 g/mol. The van der Waals surface area contributed by atoms with Gasteiger partial charge >= 0.3 is 0 Å². The van der Waals surface area contributed by atoms with Gasteiger partial charge in [0.1, 0.15) is 5.82 Å². The highest BCUT2D eigenvalue weighted by molar-refractivity contribution is 5.57. The van der Waals surface area contributed by atoms with Gasteiger partial charge in [-0.15, -0.1) is 0 Å². The number of H-pyrrole nitrogens is 1. The lowest BCUT2D eigenvalue weighted by Crippen LogP contribution is -1.73. The maximum absolute atomic E-state index is 4.16. The van der Waals surface area contributed by atoms with Gasteiger partial charge in [0.15, 0.2) is 0 Å². The molecule has 1 aromatic heterocycles. The second-order valence-electron chi connectivity index (χ2n) is 2.03. The van der Waals surface area contributed by atoms with Crippen LogP contribution in [0.1, 0.15) is 31.1 Å². The van der Waals surface area contributed by atoms with Crippen LogP contribution in [0.3, 0.4) is 0 Å². The number of hydrogen-bond acceptors (Lipinski definition) is 1. The van der Waals surface area contributed by atoms with E-state index in [-0.39, 0.29) is 0 Å². The fourth-order valence-corrected chi connectivity index (χ4v) is 0.839. The summed E-state index contributed by atoms with van der Waals surface area (Å²) >= 11 is 0. The molecule has 1 N–H and O–H groups in total. The normalized spacial score (nSPS) is 8.25. The Balaban J connectivity index is 0.000000561. The molecule has 0 aliphatic carbocycles. The summed E-state index contributed by atoms with van der Waals surface area (Å²) in [5.41, 5.74) is 1.81. The van der Waals surface area contributed by atoms with Crippen LogP contribution >= 0.6 is 0 Å². The molecule has 0 saturated carbocycles. The van der Waals surface area contributed by atoms with Crippen LogP contribution in [0.2, 0.25) is 0 Å². The third-order valence-corrected chi connectivity index (χ3v) is 1.28. The number of nitrogens with one attached hydrogen (secondary N) is 1. The molecule has 1 rings (SSSR count). The van der Waals surface area contributed by atoms with Crippen LogP contribution in [0, 0.1) is 6.92 Å². The minimum absolute atomic E-state index is 0.868. The minimum Gasteiger partial charge on any atom is -0.342 e. The van der Waals surface area contributed by atoms with Gasteiger partial charge in [-0.05, 0) is 19.1 Å². The summed E-state index contributed by atoms with van der Waals surface area (Å²) in [4.78, 5) is 7.20. The molecule has 0 bridgehead atoms. The largest absolute Gasteiger partial charge is 0.342 e. The summed E-state index contributed by atoms with van der Waals surface area (Å²) in [5, 5.41) is 0.